The highest BCUT2D eigenvalue weighted by Crippen LogP contribution is 2.22. The zero-order chi connectivity index (χ0) is 20.4. The minimum atomic E-state index is 0.440. The molecule has 0 N–H and O–H groups in total. The normalized spacial score (nSPS) is 13.3. The molecule has 1 nitrogen and oxygen atoms in total. The topological polar surface area (TPSA) is 17.1 Å². The van der Waals surface area contributed by atoms with Crippen LogP contribution in [0.4, 0.5) is 0 Å². The van der Waals surface area contributed by atoms with E-state index in [2.05, 4.69) is 76.2 Å². The van der Waals surface area contributed by atoms with E-state index >= 15 is 0 Å². The molecule has 0 amide bonds. The van der Waals surface area contributed by atoms with Crippen LogP contribution >= 0.6 is 0 Å². The Kier molecular flexibility index (Phi) is 9.47. The van der Waals surface area contributed by atoms with Crippen LogP contribution in [0.15, 0.2) is 48.5 Å². The number of ketones is 1. The van der Waals surface area contributed by atoms with E-state index in [1.54, 1.807) is 0 Å². The van der Waals surface area contributed by atoms with Gasteiger partial charge in [0.1, 0.15) is 5.78 Å². The van der Waals surface area contributed by atoms with Crippen molar-refractivity contribution in [3.8, 4) is 0 Å². The maximum Gasteiger partial charge on any atom is 0.132 e. The van der Waals surface area contributed by atoms with Gasteiger partial charge in [-0.2, -0.15) is 0 Å². The van der Waals surface area contributed by atoms with Crippen molar-refractivity contribution in [2.45, 2.75) is 85.0 Å². The summed E-state index contributed by atoms with van der Waals surface area (Å²) in [6.45, 7) is 8.87. The van der Waals surface area contributed by atoms with Crippen molar-refractivity contribution >= 4 is 5.78 Å². The van der Waals surface area contributed by atoms with E-state index in [0.717, 1.165) is 44.9 Å². The molecule has 0 aliphatic carbocycles. The van der Waals surface area contributed by atoms with Crippen LogP contribution in [-0.4, -0.2) is 5.78 Å². The third-order valence-electron chi connectivity index (χ3n) is 6.01. The van der Waals surface area contributed by atoms with Crippen LogP contribution in [0.1, 0.15) is 87.5 Å². The number of Topliss-reactive ketones (excluding diaryl/α,β-unsaturated/α-hetero) is 1. The van der Waals surface area contributed by atoms with Gasteiger partial charge in [0.15, 0.2) is 0 Å². The minimum absolute atomic E-state index is 0.440. The summed E-state index contributed by atoms with van der Waals surface area (Å²) in [4.78, 5) is 12.3. The molecule has 2 unspecified atom stereocenters. The lowest BCUT2D eigenvalue weighted by Gasteiger charge is -2.13. The van der Waals surface area contributed by atoms with Crippen molar-refractivity contribution in [3.63, 3.8) is 0 Å². The molecule has 0 saturated carbocycles. The van der Waals surface area contributed by atoms with E-state index in [1.807, 2.05) is 0 Å². The van der Waals surface area contributed by atoms with E-state index in [9.17, 15) is 4.79 Å². The average Bonchev–Trinajstić information content (AvgIpc) is 2.71. The van der Waals surface area contributed by atoms with Crippen molar-refractivity contribution in [3.05, 3.63) is 70.8 Å². The SMILES string of the molecule is CCc1ccc(CCC(C)CCC(=O)CCCC(C)c2ccc(C)cc2)cc1. The monoisotopic (exact) mass is 378 g/mol. The molecule has 28 heavy (non-hydrogen) atoms. The summed E-state index contributed by atoms with van der Waals surface area (Å²) in [5.41, 5.74) is 5.51. The van der Waals surface area contributed by atoms with Gasteiger partial charge < -0.3 is 0 Å². The summed E-state index contributed by atoms with van der Waals surface area (Å²) in [5.74, 6) is 1.59. The first-order valence-corrected chi connectivity index (χ1v) is 11.1. The standard InChI is InChI=1S/C27H38O/c1-5-24-14-16-25(17-15-24)13-9-21(2)12-20-27(28)8-6-7-23(4)26-18-10-22(3)11-19-26/h10-11,14-19,21,23H,5-9,12-13,20H2,1-4H3. The predicted molar refractivity (Wildman–Crippen MR) is 121 cm³/mol. The Bertz CT molecular complexity index is 696. The second-order valence-electron chi connectivity index (χ2n) is 8.60. The van der Waals surface area contributed by atoms with Crippen molar-refractivity contribution in [2.24, 2.45) is 5.92 Å². The number of rotatable bonds is 12. The van der Waals surface area contributed by atoms with E-state index in [0.29, 0.717) is 17.6 Å². The van der Waals surface area contributed by atoms with E-state index in [-0.39, 0.29) is 0 Å². The van der Waals surface area contributed by atoms with Gasteiger partial charge in [-0.05, 0) is 74.0 Å². The van der Waals surface area contributed by atoms with E-state index in [1.165, 1.54) is 28.7 Å². The van der Waals surface area contributed by atoms with E-state index in [4.69, 9.17) is 0 Å². The minimum Gasteiger partial charge on any atom is -0.300 e. The molecular weight excluding hydrogens is 340 g/mol. The fourth-order valence-corrected chi connectivity index (χ4v) is 3.70. The van der Waals surface area contributed by atoms with Gasteiger partial charge in [0.05, 0.1) is 0 Å². The predicted octanol–water partition coefficient (Wildman–Crippen LogP) is 7.45. The van der Waals surface area contributed by atoms with Crippen molar-refractivity contribution in [1.82, 2.24) is 0 Å². The summed E-state index contributed by atoms with van der Waals surface area (Å²) in [5, 5.41) is 0. The van der Waals surface area contributed by atoms with Crippen LogP contribution in [0.3, 0.4) is 0 Å². The van der Waals surface area contributed by atoms with Gasteiger partial charge in [-0.25, -0.2) is 0 Å². The number of hydrogen-bond acceptors (Lipinski definition) is 1. The lowest BCUT2D eigenvalue weighted by atomic mass is 9.92. The lowest BCUT2D eigenvalue weighted by molar-refractivity contribution is -0.119. The molecule has 1 heteroatoms. The number of hydrogen-bond donors (Lipinski definition) is 0. The van der Waals surface area contributed by atoms with Crippen LogP contribution in [0, 0.1) is 12.8 Å². The zero-order valence-corrected chi connectivity index (χ0v) is 18.3. The first-order chi connectivity index (χ1) is 13.5. The van der Waals surface area contributed by atoms with Gasteiger partial charge in [-0.3, -0.25) is 4.79 Å². The van der Waals surface area contributed by atoms with Crippen LogP contribution < -0.4 is 0 Å². The number of aryl methyl sites for hydroxylation is 3. The van der Waals surface area contributed by atoms with E-state index < -0.39 is 0 Å². The maximum absolute atomic E-state index is 12.3. The fraction of sp³-hybridized carbons (Fsp3) is 0.519. The van der Waals surface area contributed by atoms with Crippen LogP contribution in [-0.2, 0) is 17.6 Å². The van der Waals surface area contributed by atoms with Gasteiger partial charge in [0.2, 0.25) is 0 Å². The second-order valence-corrected chi connectivity index (χ2v) is 8.60. The van der Waals surface area contributed by atoms with Gasteiger partial charge in [0.25, 0.3) is 0 Å². The van der Waals surface area contributed by atoms with Gasteiger partial charge in [0, 0.05) is 12.8 Å². The highest BCUT2D eigenvalue weighted by Gasteiger charge is 2.10. The Balaban J connectivity index is 1.59. The molecule has 0 radical (unpaired) electrons. The van der Waals surface area contributed by atoms with Crippen molar-refractivity contribution in [2.75, 3.05) is 0 Å². The molecule has 152 valence electrons. The second kappa shape index (κ2) is 11.8. The first-order valence-electron chi connectivity index (χ1n) is 11.1. The highest BCUT2D eigenvalue weighted by atomic mass is 16.1. The Morgan fingerprint density at radius 1 is 0.821 bits per heavy atom. The summed E-state index contributed by atoms with van der Waals surface area (Å²) in [6, 6.07) is 17.8. The fourth-order valence-electron chi connectivity index (χ4n) is 3.70. The smallest absolute Gasteiger partial charge is 0.132 e. The van der Waals surface area contributed by atoms with Crippen LogP contribution in [0.5, 0.6) is 0 Å². The Morgan fingerprint density at radius 3 is 2.11 bits per heavy atom. The third kappa shape index (κ3) is 8.00. The molecule has 0 fully saturated rings. The maximum atomic E-state index is 12.3. The Hall–Kier alpha value is -1.89. The summed E-state index contributed by atoms with van der Waals surface area (Å²) < 4.78 is 0. The molecule has 2 rings (SSSR count). The zero-order valence-electron chi connectivity index (χ0n) is 18.3. The van der Waals surface area contributed by atoms with Crippen LogP contribution in [0.2, 0.25) is 0 Å². The van der Waals surface area contributed by atoms with Crippen molar-refractivity contribution < 1.29 is 4.79 Å². The number of carbonyl (C=O) groups excluding carboxylic acids is 1. The average molecular weight is 379 g/mol. The summed E-state index contributed by atoms with van der Waals surface area (Å²) in [7, 11) is 0. The first kappa shape index (κ1) is 22.4. The molecule has 2 aromatic rings. The Morgan fingerprint density at radius 2 is 1.46 bits per heavy atom. The molecule has 0 spiro atoms. The molecule has 0 aliphatic heterocycles. The van der Waals surface area contributed by atoms with Crippen LogP contribution in [0.25, 0.3) is 0 Å². The van der Waals surface area contributed by atoms with Gasteiger partial charge in [-0.15, -0.1) is 0 Å². The highest BCUT2D eigenvalue weighted by molar-refractivity contribution is 5.78. The van der Waals surface area contributed by atoms with Gasteiger partial charge >= 0.3 is 0 Å². The quantitative estimate of drug-likeness (QED) is 0.375. The Labute approximate surface area is 172 Å². The molecule has 0 saturated heterocycles. The van der Waals surface area contributed by atoms with Gasteiger partial charge in [-0.1, -0.05) is 74.9 Å². The molecule has 2 aromatic carbocycles. The van der Waals surface area contributed by atoms with Crippen molar-refractivity contribution in [1.29, 1.82) is 0 Å². The number of carbonyl (C=O) groups is 1. The molecule has 0 aromatic heterocycles. The summed E-state index contributed by atoms with van der Waals surface area (Å²) >= 11 is 0. The lowest BCUT2D eigenvalue weighted by Crippen LogP contribution is -2.04. The molecule has 2 atom stereocenters. The number of benzene rings is 2. The molecule has 0 bridgehead atoms. The molecular formula is C27H38O. The third-order valence-corrected chi connectivity index (χ3v) is 6.01. The largest absolute Gasteiger partial charge is 0.300 e. The molecule has 0 heterocycles. The molecule has 0 aliphatic rings. The summed E-state index contributed by atoms with van der Waals surface area (Å²) in [6.07, 6.45) is 8.00.